The van der Waals surface area contributed by atoms with Crippen LogP contribution in [-0.4, -0.2) is 16.8 Å². The third-order valence-electron chi connectivity index (χ3n) is 3.42. The van der Waals surface area contributed by atoms with Crippen molar-refractivity contribution in [1.82, 2.24) is 10.5 Å². The predicted molar refractivity (Wildman–Crippen MR) is 74.1 cm³/mol. The fourth-order valence-corrected chi connectivity index (χ4v) is 2.13. The molecule has 7 heteroatoms. The molecule has 0 spiro atoms. The van der Waals surface area contributed by atoms with E-state index in [2.05, 4.69) is 10.5 Å². The lowest BCUT2D eigenvalue weighted by Gasteiger charge is -2.14. The maximum absolute atomic E-state index is 12.6. The number of nitrogens with zero attached hydrogens (tertiary/aromatic N) is 1. The maximum atomic E-state index is 12.6. The molecular weight excluding hydrogens is 297 g/mol. The van der Waals surface area contributed by atoms with Gasteiger partial charge in [-0.1, -0.05) is 17.3 Å². The summed E-state index contributed by atoms with van der Waals surface area (Å²) < 4.78 is 42.9. The number of rotatable bonds is 5. The van der Waals surface area contributed by atoms with Crippen LogP contribution in [0.3, 0.4) is 0 Å². The Hall–Kier alpha value is -1.86. The second kappa shape index (κ2) is 6.50. The van der Waals surface area contributed by atoms with Gasteiger partial charge in [-0.3, -0.25) is 0 Å². The summed E-state index contributed by atoms with van der Waals surface area (Å²) in [7, 11) is 0. The van der Waals surface area contributed by atoms with Gasteiger partial charge in [-0.05, 0) is 31.5 Å². The van der Waals surface area contributed by atoms with Crippen LogP contribution >= 0.6 is 0 Å². The van der Waals surface area contributed by atoms with Gasteiger partial charge in [0.2, 0.25) is 0 Å². The Balaban J connectivity index is 1.97. The largest absolute Gasteiger partial charge is 0.416 e. The van der Waals surface area contributed by atoms with Crippen LogP contribution < -0.4 is 5.32 Å². The van der Waals surface area contributed by atoms with E-state index in [-0.39, 0.29) is 12.1 Å². The molecule has 2 aromatic rings. The molecule has 0 amide bonds. The first-order valence-electron chi connectivity index (χ1n) is 6.76. The highest BCUT2D eigenvalue weighted by molar-refractivity contribution is 5.27. The lowest BCUT2D eigenvalue weighted by atomic mass is 10.1. The molecule has 0 saturated heterocycles. The van der Waals surface area contributed by atoms with Crippen LogP contribution in [0.1, 0.15) is 34.2 Å². The molecule has 2 N–H and O–H groups in total. The number of aliphatic hydroxyl groups is 1. The van der Waals surface area contributed by atoms with Crippen LogP contribution in [0.5, 0.6) is 0 Å². The summed E-state index contributed by atoms with van der Waals surface area (Å²) >= 11 is 0. The van der Waals surface area contributed by atoms with Gasteiger partial charge in [0, 0.05) is 18.7 Å². The minimum Gasteiger partial charge on any atom is -0.387 e. The second-order valence-corrected chi connectivity index (χ2v) is 5.07. The molecule has 120 valence electrons. The molecule has 0 fully saturated rings. The topological polar surface area (TPSA) is 58.3 Å². The van der Waals surface area contributed by atoms with Gasteiger partial charge in [-0.15, -0.1) is 0 Å². The highest BCUT2D eigenvalue weighted by atomic mass is 19.4. The fraction of sp³-hybridized carbons (Fsp3) is 0.400. The molecule has 1 atom stereocenters. The number of hydrogen-bond acceptors (Lipinski definition) is 4. The summed E-state index contributed by atoms with van der Waals surface area (Å²) in [6.07, 6.45) is -5.44. The summed E-state index contributed by atoms with van der Waals surface area (Å²) in [5.41, 5.74) is 1.09. The minimum absolute atomic E-state index is 0.130. The molecule has 0 aliphatic rings. The van der Waals surface area contributed by atoms with E-state index in [0.717, 1.165) is 23.4 Å². The van der Waals surface area contributed by atoms with Gasteiger partial charge in [-0.25, -0.2) is 0 Å². The summed E-state index contributed by atoms with van der Waals surface area (Å²) in [5.74, 6) is 0.679. The van der Waals surface area contributed by atoms with E-state index < -0.39 is 17.8 Å². The van der Waals surface area contributed by atoms with Crippen LogP contribution in [-0.2, 0) is 12.7 Å². The van der Waals surface area contributed by atoms with Crippen molar-refractivity contribution in [3.63, 3.8) is 0 Å². The summed E-state index contributed by atoms with van der Waals surface area (Å²) in [6, 6.07) is 4.70. The Morgan fingerprint density at radius 2 is 2.05 bits per heavy atom. The highest BCUT2D eigenvalue weighted by Gasteiger charge is 2.30. The van der Waals surface area contributed by atoms with E-state index in [0.29, 0.717) is 12.3 Å². The number of hydrogen-bond donors (Lipinski definition) is 2. The SMILES string of the molecule is Cc1noc(C)c1CNCC(O)c1cccc(C(F)(F)F)c1. The first-order valence-corrected chi connectivity index (χ1v) is 6.76. The lowest BCUT2D eigenvalue weighted by Crippen LogP contribution is -2.22. The maximum Gasteiger partial charge on any atom is 0.416 e. The van der Waals surface area contributed by atoms with Gasteiger partial charge in [0.1, 0.15) is 5.76 Å². The Bertz CT molecular complexity index is 618. The molecule has 0 radical (unpaired) electrons. The van der Waals surface area contributed by atoms with Crippen molar-refractivity contribution < 1.29 is 22.8 Å². The standard InChI is InChI=1S/C15H17F3N2O2/c1-9-13(10(2)22-20-9)7-19-8-14(21)11-4-3-5-12(6-11)15(16,17)18/h3-6,14,19,21H,7-8H2,1-2H3. The lowest BCUT2D eigenvalue weighted by molar-refractivity contribution is -0.137. The van der Waals surface area contributed by atoms with Crippen LogP contribution in [0.25, 0.3) is 0 Å². The van der Waals surface area contributed by atoms with Crippen LogP contribution in [0.15, 0.2) is 28.8 Å². The van der Waals surface area contributed by atoms with Crippen molar-refractivity contribution in [1.29, 1.82) is 0 Å². The number of aromatic nitrogens is 1. The number of aryl methyl sites for hydroxylation is 2. The molecule has 22 heavy (non-hydrogen) atoms. The van der Waals surface area contributed by atoms with Gasteiger partial charge in [0.15, 0.2) is 0 Å². The smallest absolute Gasteiger partial charge is 0.387 e. The molecule has 1 heterocycles. The number of nitrogens with one attached hydrogen (secondary N) is 1. The van der Waals surface area contributed by atoms with Gasteiger partial charge in [0.25, 0.3) is 0 Å². The Morgan fingerprint density at radius 1 is 1.32 bits per heavy atom. The van der Waals surface area contributed by atoms with Crippen LogP contribution in [0, 0.1) is 13.8 Å². The number of aliphatic hydroxyl groups excluding tert-OH is 1. The van der Waals surface area contributed by atoms with Crippen LogP contribution in [0.4, 0.5) is 13.2 Å². The van der Waals surface area contributed by atoms with Crippen molar-refractivity contribution in [3.05, 3.63) is 52.4 Å². The summed E-state index contributed by atoms with van der Waals surface area (Å²) in [6.45, 7) is 4.14. The number of alkyl halides is 3. The Labute approximate surface area is 125 Å². The predicted octanol–water partition coefficient (Wildman–Crippen LogP) is 3.13. The van der Waals surface area contributed by atoms with Crippen LogP contribution in [0.2, 0.25) is 0 Å². The third kappa shape index (κ3) is 3.86. The van der Waals surface area contributed by atoms with Crippen molar-refractivity contribution in [2.75, 3.05) is 6.54 Å². The molecule has 0 saturated carbocycles. The molecule has 1 aromatic heterocycles. The molecule has 0 aliphatic carbocycles. The van der Waals surface area contributed by atoms with E-state index >= 15 is 0 Å². The van der Waals surface area contributed by atoms with Crippen molar-refractivity contribution in [2.45, 2.75) is 32.7 Å². The molecule has 0 aliphatic heterocycles. The monoisotopic (exact) mass is 314 g/mol. The van der Waals surface area contributed by atoms with Gasteiger partial charge >= 0.3 is 6.18 Å². The zero-order valence-electron chi connectivity index (χ0n) is 12.2. The van der Waals surface area contributed by atoms with Crippen molar-refractivity contribution >= 4 is 0 Å². The average molecular weight is 314 g/mol. The molecular formula is C15H17F3N2O2. The van der Waals surface area contributed by atoms with Gasteiger partial charge < -0.3 is 14.9 Å². The van der Waals surface area contributed by atoms with Gasteiger partial charge in [0.05, 0.1) is 17.4 Å². The van der Waals surface area contributed by atoms with E-state index in [1.165, 1.54) is 12.1 Å². The minimum atomic E-state index is -4.42. The number of benzene rings is 1. The summed E-state index contributed by atoms with van der Waals surface area (Å²) in [5, 5.41) is 16.8. The van der Waals surface area contributed by atoms with Crippen molar-refractivity contribution in [3.8, 4) is 0 Å². The second-order valence-electron chi connectivity index (χ2n) is 5.07. The molecule has 0 bridgehead atoms. The zero-order chi connectivity index (χ0) is 16.3. The molecule has 2 rings (SSSR count). The molecule has 1 aromatic carbocycles. The van der Waals surface area contributed by atoms with E-state index in [4.69, 9.17) is 4.52 Å². The van der Waals surface area contributed by atoms with E-state index in [1.807, 2.05) is 0 Å². The fourth-order valence-electron chi connectivity index (χ4n) is 2.13. The summed E-state index contributed by atoms with van der Waals surface area (Å²) in [4.78, 5) is 0. The third-order valence-corrected chi connectivity index (χ3v) is 3.42. The molecule has 4 nitrogen and oxygen atoms in total. The number of halogens is 3. The molecule has 1 unspecified atom stereocenters. The van der Waals surface area contributed by atoms with Crippen molar-refractivity contribution in [2.24, 2.45) is 0 Å². The normalized spacial score (nSPS) is 13.4. The quantitative estimate of drug-likeness (QED) is 0.890. The first kappa shape index (κ1) is 16.5. The Kier molecular flexibility index (Phi) is 4.87. The van der Waals surface area contributed by atoms with E-state index in [9.17, 15) is 18.3 Å². The Morgan fingerprint density at radius 3 is 2.64 bits per heavy atom. The average Bonchev–Trinajstić information content (AvgIpc) is 2.78. The highest BCUT2D eigenvalue weighted by Crippen LogP contribution is 2.30. The first-order chi connectivity index (χ1) is 10.3. The van der Waals surface area contributed by atoms with E-state index in [1.54, 1.807) is 13.8 Å². The van der Waals surface area contributed by atoms with Gasteiger partial charge in [-0.2, -0.15) is 13.2 Å². The zero-order valence-corrected chi connectivity index (χ0v) is 12.2.